The predicted octanol–water partition coefficient (Wildman–Crippen LogP) is 2.23. The van der Waals surface area contributed by atoms with Crippen molar-refractivity contribution in [2.24, 2.45) is 0 Å². The summed E-state index contributed by atoms with van der Waals surface area (Å²) < 4.78 is 0.689. The van der Waals surface area contributed by atoms with Crippen LogP contribution >= 0.6 is 0 Å². The summed E-state index contributed by atoms with van der Waals surface area (Å²) in [5.41, 5.74) is 5.21. The summed E-state index contributed by atoms with van der Waals surface area (Å²) in [7, 11) is 0. The van der Waals surface area contributed by atoms with E-state index in [0.29, 0.717) is 4.59 Å². The van der Waals surface area contributed by atoms with Gasteiger partial charge in [0.05, 0.1) is 0 Å². The number of carbonyl (C=O) groups is 1. The fourth-order valence-corrected chi connectivity index (χ4v) is 2.94. The number of rotatable bonds is 0. The molecule has 2 heterocycles. The molecular weight excluding hydrogens is 200 g/mol. The van der Waals surface area contributed by atoms with Crippen LogP contribution < -0.4 is 10.0 Å². The quantitative estimate of drug-likeness (QED) is 0.663. The van der Waals surface area contributed by atoms with Gasteiger partial charge >= 0.3 is 5.91 Å². The maximum absolute atomic E-state index is 11.9. The zero-order valence-electron chi connectivity index (χ0n) is 9.41. The smallest absolute Gasteiger partial charge is 0.264 e. The fraction of sp³-hybridized carbons (Fsp3) is 0.462. The number of nitrogens with zero attached hydrogens (tertiary/aromatic N) is 1. The highest BCUT2D eigenvalue weighted by Crippen LogP contribution is 2.33. The van der Waals surface area contributed by atoms with Gasteiger partial charge in [-0.15, -0.1) is 0 Å². The average molecular weight is 217 g/mol. The summed E-state index contributed by atoms with van der Waals surface area (Å²) in [6, 6.07) is 8.00. The standard InChI is InChI=1S/C13H16N2O/c16-13-11-7-3-4-8-12(11)15(14-13)9-5-1-2-6-10-15/h3-4,7-8H,1-2,5-6,9-10H2/p+1. The van der Waals surface area contributed by atoms with Crippen molar-refractivity contribution in [1.82, 2.24) is 10.0 Å². The summed E-state index contributed by atoms with van der Waals surface area (Å²) >= 11 is 0. The third-order valence-corrected chi connectivity index (χ3v) is 3.76. The fourth-order valence-electron chi connectivity index (χ4n) is 2.94. The van der Waals surface area contributed by atoms with Gasteiger partial charge in [0.15, 0.2) is 5.69 Å². The zero-order valence-corrected chi connectivity index (χ0v) is 9.41. The lowest BCUT2D eigenvalue weighted by atomic mass is 10.1. The number of fused-ring (bicyclic) bond motifs is 2. The summed E-state index contributed by atoms with van der Waals surface area (Å²) in [5.74, 6) is 0.0949. The molecule has 0 unspecified atom stereocenters. The van der Waals surface area contributed by atoms with Gasteiger partial charge in [0.2, 0.25) is 0 Å². The highest BCUT2D eigenvalue weighted by Gasteiger charge is 2.43. The molecule has 3 rings (SSSR count). The number of hydrogen-bond donors (Lipinski definition) is 1. The molecule has 16 heavy (non-hydrogen) atoms. The van der Waals surface area contributed by atoms with Crippen molar-refractivity contribution < 1.29 is 4.79 Å². The maximum Gasteiger partial charge on any atom is 0.302 e. The van der Waals surface area contributed by atoms with Crippen molar-refractivity contribution in [2.45, 2.75) is 25.7 Å². The SMILES string of the molecule is O=C1N[N+]2(CCCCCC2)c2ccccc21. The van der Waals surface area contributed by atoms with Gasteiger partial charge < -0.3 is 0 Å². The first-order chi connectivity index (χ1) is 7.82. The third-order valence-electron chi connectivity index (χ3n) is 3.76. The molecule has 0 radical (unpaired) electrons. The van der Waals surface area contributed by atoms with Gasteiger partial charge in [0.1, 0.15) is 18.7 Å². The van der Waals surface area contributed by atoms with E-state index in [4.69, 9.17) is 0 Å². The van der Waals surface area contributed by atoms with Crippen molar-refractivity contribution >= 4 is 11.6 Å². The van der Waals surface area contributed by atoms with Gasteiger partial charge in [0, 0.05) is 6.07 Å². The van der Waals surface area contributed by atoms with Crippen LogP contribution in [0.2, 0.25) is 0 Å². The molecular formula is C13H17N2O+. The minimum absolute atomic E-state index is 0.0949. The molecule has 1 amide bonds. The van der Waals surface area contributed by atoms with E-state index in [2.05, 4.69) is 11.5 Å². The van der Waals surface area contributed by atoms with E-state index < -0.39 is 0 Å². The number of amides is 1. The maximum atomic E-state index is 11.9. The topological polar surface area (TPSA) is 29.1 Å². The highest BCUT2D eigenvalue weighted by atomic mass is 16.2. The van der Waals surface area contributed by atoms with Crippen molar-refractivity contribution in [3.8, 4) is 0 Å². The lowest BCUT2D eigenvalue weighted by Crippen LogP contribution is -2.58. The molecule has 2 aliphatic heterocycles. The number of para-hydroxylation sites is 1. The lowest BCUT2D eigenvalue weighted by Gasteiger charge is -2.31. The number of hydrogen-bond acceptors (Lipinski definition) is 1. The van der Waals surface area contributed by atoms with Gasteiger partial charge in [-0.25, -0.2) is 0 Å². The Kier molecular flexibility index (Phi) is 2.21. The number of quaternary nitrogens is 1. The molecule has 3 heteroatoms. The van der Waals surface area contributed by atoms with Crippen LogP contribution in [-0.2, 0) is 0 Å². The van der Waals surface area contributed by atoms with Crippen LogP contribution in [0.25, 0.3) is 0 Å². The minimum atomic E-state index is 0.0949. The van der Waals surface area contributed by atoms with Crippen LogP contribution in [0.3, 0.4) is 0 Å². The first-order valence-electron chi connectivity index (χ1n) is 6.11. The molecule has 1 aromatic carbocycles. The molecule has 2 aliphatic rings. The molecule has 0 aliphatic carbocycles. The Bertz CT molecular complexity index is 420. The zero-order chi connectivity index (χ0) is 11.0. The van der Waals surface area contributed by atoms with E-state index in [1.165, 1.54) is 31.4 Å². The Balaban J connectivity index is 2.06. The Morgan fingerprint density at radius 2 is 1.69 bits per heavy atom. The van der Waals surface area contributed by atoms with Crippen LogP contribution in [-0.4, -0.2) is 19.0 Å². The molecule has 0 bridgehead atoms. The van der Waals surface area contributed by atoms with Gasteiger partial charge in [0.25, 0.3) is 0 Å². The second-order valence-electron chi connectivity index (χ2n) is 4.79. The van der Waals surface area contributed by atoms with Gasteiger partial charge in [-0.05, 0) is 31.7 Å². The van der Waals surface area contributed by atoms with E-state index in [-0.39, 0.29) is 5.91 Å². The summed E-state index contributed by atoms with van der Waals surface area (Å²) in [5, 5.41) is 0. The third kappa shape index (κ3) is 1.35. The number of carbonyl (C=O) groups excluding carboxylic acids is 1. The van der Waals surface area contributed by atoms with E-state index >= 15 is 0 Å². The molecule has 0 saturated carbocycles. The largest absolute Gasteiger partial charge is 0.302 e. The molecule has 1 fully saturated rings. The molecule has 1 N–H and O–H groups in total. The normalized spacial score (nSPS) is 22.6. The summed E-state index contributed by atoms with van der Waals surface area (Å²) in [4.78, 5) is 11.9. The Labute approximate surface area is 95.6 Å². The van der Waals surface area contributed by atoms with E-state index in [1.807, 2.05) is 18.2 Å². The van der Waals surface area contributed by atoms with E-state index in [9.17, 15) is 4.79 Å². The second-order valence-corrected chi connectivity index (χ2v) is 4.79. The lowest BCUT2D eigenvalue weighted by molar-refractivity contribution is 0.0858. The molecule has 1 spiro atoms. The molecule has 1 saturated heterocycles. The number of nitrogens with one attached hydrogen (secondary N) is 1. The van der Waals surface area contributed by atoms with Crippen LogP contribution in [0.15, 0.2) is 24.3 Å². The average Bonchev–Trinajstić information content (AvgIpc) is 2.49. The van der Waals surface area contributed by atoms with Gasteiger partial charge in [-0.3, -0.25) is 4.79 Å². The van der Waals surface area contributed by atoms with Crippen molar-refractivity contribution in [3.05, 3.63) is 29.8 Å². The van der Waals surface area contributed by atoms with Crippen LogP contribution in [0.4, 0.5) is 5.69 Å². The van der Waals surface area contributed by atoms with Crippen LogP contribution in [0.5, 0.6) is 0 Å². The van der Waals surface area contributed by atoms with Crippen molar-refractivity contribution in [2.75, 3.05) is 13.1 Å². The Hall–Kier alpha value is -1.35. The van der Waals surface area contributed by atoms with Gasteiger partial charge in [-0.2, -0.15) is 10.0 Å². The summed E-state index contributed by atoms with van der Waals surface area (Å²) in [6.45, 7) is 2.09. The van der Waals surface area contributed by atoms with Crippen LogP contribution in [0.1, 0.15) is 36.0 Å². The first kappa shape index (κ1) is 9.85. The van der Waals surface area contributed by atoms with Gasteiger partial charge in [-0.1, -0.05) is 12.1 Å². The molecule has 0 atom stereocenters. The van der Waals surface area contributed by atoms with E-state index in [1.54, 1.807) is 0 Å². The highest BCUT2D eigenvalue weighted by molar-refractivity contribution is 6.03. The minimum Gasteiger partial charge on any atom is -0.264 e. The number of benzene rings is 1. The predicted molar refractivity (Wildman–Crippen MR) is 63.9 cm³/mol. The molecule has 3 nitrogen and oxygen atoms in total. The Morgan fingerprint density at radius 1 is 1.00 bits per heavy atom. The monoisotopic (exact) mass is 217 g/mol. The molecule has 0 aromatic heterocycles. The van der Waals surface area contributed by atoms with Crippen molar-refractivity contribution in [1.29, 1.82) is 0 Å². The summed E-state index contributed by atoms with van der Waals surface area (Å²) in [6.07, 6.45) is 4.99. The van der Waals surface area contributed by atoms with Crippen LogP contribution in [0, 0.1) is 0 Å². The van der Waals surface area contributed by atoms with E-state index in [0.717, 1.165) is 18.7 Å². The molecule has 84 valence electrons. The molecule has 1 aromatic rings. The van der Waals surface area contributed by atoms with Crippen molar-refractivity contribution in [3.63, 3.8) is 0 Å². The second kappa shape index (κ2) is 3.59. The first-order valence-corrected chi connectivity index (χ1v) is 6.11. The Morgan fingerprint density at radius 3 is 2.44 bits per heavy atom.